The first-order chi connectivity index (χ1) is 13.4. The van der Waals surface area contributed by atoms with E-state index in [1.807, 2.05) is 6.92 Å². The number of benzene rings is 1. The summed E-state index contributed by atoms with van der Waals surface area (Å²) in [4.78, 5) is 14.6. The van der Waals surface area contributed by atoms with Crippen LogP contribution in [-0.4, -0.2) is 62.9 Å². The van der Waals surface area contributed by atoms with Crippen LogP contribution in [0.3, 0.4) is 0 Å². The van der Waals surface area contributed by atoms with Crippen molar-refractivity contribution >= 4 is 23.6 Å². The fourth-order valence-electron chi connectivity index (χ4n) is 2.99. The number of hydrogen-bond donors (Lipinski definition) is 1. The molecule has 1 amide bonds. The highest BCUT2D eigenvalue weighted by atomic mass is 35.5. The quantitative estimate of drug-likeness (QED) is 0.632. The van der Waals surface area contributed by atoms with Crippen molar-refractivity contribution in [3.05, 3.63) is 28.8 Å². The van der Waals surface area contributed by atoms with Gasteiger partial charge in [0.2, 0.25) is 5.91 Å². The van der Waals surface area contributed by atoms with Crippen LogP contribution in [-0.2, 0) is 9.53 Å². The van der Waals surface area contributed by atoms with Gasteiger partial charge in [-0.1, -0.05) is 18.5 Å². The molecule has 0 aromatic heterocycles. The van der Waals surface area contributed by atoms with E-state index in [0.29, 0.717) is 29.7 Å². The van der Waals surface area contributed by atoms with Gasteiger partial charge in [-0.05, 0) is 44.0 Å². The van der Waals surface area contributed by atoms with Crippen LogP contribution in [0.2, 0.25) is 5.02 Å². The molecule has 6 nitrogen and oxygen atoms in total. The molecule has 1 aromatic carbocycles. The molecule has 28 heavy (non-hydrogen) atoms. The molecule has 7 heteroatoms. The Morgan fingerprint density at radius 3 is 2.71 bits per heavy atom. The van der Waals surface area contributed by atoms with E-state index in [9.17, 15) is 4.79 Å². The average Bonchev–Trinajstić information content (AvgIpc) is 2.70. The minimum atomic E-state index is -0.150. The Hall–Kier alpha value is -1.76. The standard InChI is InChI=1S/C21H31ClN2O4/c1-5-10-28-20-17(22)13-16(14-18(20)26-4)6-7-19(25)23-15-21(2,3)24-8-11-27-12-9-24/h6-7,13-14H,5,8-12,15H2,1-4H3,(H,23,25)/b7-6+. The first-order valence-electron chi connectivity index (χ1n) is 9.66. The third-order valence-electron chi connectivity index (χ3n) is 4.69. The highest BCUT2D eigenvalue weighted by Crippen LogP contribution is 2.36. The van der Waals surface area contributed by atoms with Crippen LogP contribution in [0.1, 0.15) is 32.8 Å². The summed E-state index contributed by atoms with van der Waals surface area (Å²) in [6.45, 7) is 10.6. The lowest BCUT2D eigenvalue weighted by molar-refractivity contribution is -0.117. The summed E-state index contributed by atoms with van der Waals surface area (Å²) < 4.78 is 16.4. The largest absolute Gasteiger partial charge is 0.493 e. The molecule has 1 aromatic rings. The molecule has 1 aliphatic heterocycles. The molecule has 0 saturated carbocycles. The number of halogens is 1. The Labute approximate surface area is 172 Å². The summed E-state index contributed by atoms with van der Waals surface area (Å²) in [5.74, 6) is 0.928. The van der Waals surface area contributed by atoms with Gasteiger partial charge in [-0.3, -0.25) is 9.69 Å². The zero-order chi connectivity index (χ0) is 20.6. The number of nitrogens with zero attached hydrogens (tertiary/aromatic N) is 1. The second-order valence-electron chi connectivity index (χ2n) is 7.35. The number of morpholine rings is 1. The van der Waals surface area contributed by atoms with E-state index in [0.717, 1.165) is 38.3 Å². The van der Waals surface area contributed by atoms with Crippen LogP contribution >= 0.6 is 11.6 Å². The summed E-state index contributed by atoms with van der Waals surface area (Å²) in [6, 6.07) is 3.56. The number of hydrogen-bond acceptors (Lipinski definition) is 5. The number of amides is 1. The number of carbonyl (C=O) groups is 1. The number of nitrogens with one attached hydrogen (secondary N) is 1. The Balaban J connectivity index is 1.96. The van der Waals surface area contributed by atoms with Crippen molar-refractivity contribution < 1.29 is 19.0 Å². The van der Waals surface area contributed by atoms with Gasteiger partial charge in [-0.15, -0.1) is 0 Å². The third-order valence-corrected chi connectivity index (χ3v) is 4.97. The van der Waals surface area contributed by atoms with Gasteiger partial charge >= 0.3 is 0 Å². The second-order valence-corrected chi connectivity index (χ2v) is 7.75. The van der Waals surface area contributed by atoms with Crippen LogP contribution in [0.4, 0.5) is 0 Å². The molecule has 1 fully saturated rings. The molecule has 2 rings (SSSR count). The second kappa shape index (κ2) is 10.7. The summed E-state index contributed by atoms with van der Waals surface area (Å²) in [5.41, 5.74) is 0.645. The Morgan fingerprint density at radius 2 is 2.07 bits per heavy atom. The van der Waals surface area contributed by atoms with Crippen LogP contribution in [0.25, 0.3) is 6.08 Å². The average molecular weight is 411 g/mol. The van der Waals surface area contributed by atoms with Gasteiger partial charge in [0, 0.05) is 31.2 Å². The van der Waals surface area contributed by atoms with Gasteiger partial charge in [0.05, 0.1) is 32.0 Å². The smallest absolute Gasteiger partial charge is 0.244 e. The van der Waals surface area contributed by atoms with E-state index < -0.39 is 0 Å². The topological polar surface area (TPSA) is 60.0 Å². The number of carbonyl (C=O) groups excluding carboxylic acids is 1. The van der Waals surface area contributed by atoms with Crippen molar-refractivity contribution in [3.63, 3.8) is 0 Å². The minimum Gasteiger partial charge on any atom is -0.493 e. The summed E-state index contributed by atoms with van der Waals surface area (Å²) in [5, 5.41) is 3.44. The highest BCUT2D eigenvalue weighted by Gasteiger charge is 2.28. The monoisotopic (exact) mass is 410 g/mol. The summed E-state index contributed by atoms with van der Waals surface area (Å²) in [6.07, 6.45) is 4.10. The van der Waals surface area contributed by atoms with Crippen LogP contribution in [0.15, 0.2) is 18.2 Å². The maximum Gasteiger partial charge on any atom is 0.244 e. The molecule has 0 aliphatic carbocycles. The molecule has 156 valence electrons. The van der Waals surface area contributed by atoms with E-state index >= 15 is 0 Å². The SMILES string of the molecule is CCCOc1c(Cl)cc(/C=C/C(=O)NCC(C)(C)N2CCOCC2)cc1OC. The fraction of sp³-hybridized carbons (Fsp3) is 0.571. The Morgan fingerprint density at radius 1 is 1.36 bits per heavy atom. The molecular weight excluding hydrogens is 380 g/mol. The third kappa shape index (κ3) is 6.40. The molecular formula is C21H31ClN2O4. The lowest BCUT2D eigenvalue weighted by Crippen LogP contribution is -2.55. The molecule has 0 bridgehead atoms. The Bertz CT molecular complexity index is 685. The van der Waals surface area contributed by atoms with E-state index in [4.69, 9.17) is 25.8 Å². The van der Waals surface area contributed by atoms with Gasteiger partial charge in [0.25, 0.3) is 0 Å². The van der Waals surface area contributed by atoms with Gasteiger partial charge in [-0.25, -0.2) is 0 Å². The number of rotatable bonds is 9. The maximum absolute atomic E-state index is 12.3. The molecule has 0 unspecified atom stereocenters. The van der Waals surface area contributed by atoms with E-state index in [1.165, 1.54) is 6.08 Å². The molecule has 1 heterocycles. The lowest BCUT2D eigenvalue weighted by Gasteiger charge is -2.40. The maximum atomic E-state index is 12.3. The van der Waals surface area contributed by atoms with Crippen molar-refractivity contribution in [1.29, 1.82) is 0 Å². The first kappa shape index (κ1) is 22.5. The van der Waals surface area contributed by atoms with Gasteiger partial charge in [-0.2, -0.15) is 0 Å². The molecule has 0 spiro atoms. The first-order valence-corrected chi connectivity index (χ1v) is 10.0. The zero-order valence-corrected chi connectivity index (χ0v) is 18.0. The van der Waals surface area contributed by atoms with Crippen LogP contribution < -0.4 is 14.8 Å². The minimum absolute atomic E-state index is 0.127. The van der Waals surface area contributed by atoms with E-state index in [-0.39, 0.29) is 11.4 Å². The van der Waals surface area contributed by atoms with Gasteiger partial charge < -0.3 is 19.5 Å². The van der Waals surface area contributed by atoms with Crippen LogP contribution in [0.5, 0.6) is 11.5 Å². The fourth-order valence-corrected chi connectivity index (χ4v) is 3.27. The molecule has 0 radical (unpaired) electrons. The van der Waals surface area contributed by atoms with Crippen molar-refractivity contribution in [2.75, 3.05) is 46.6 Å². The van der Waals surface area contributed by atoms with Crippen molar-refractivity contribution in [2.45, 2.75) is 32.7 Å². The summed E-state index contributed by atoms with van der Waals surface area (Å²) in [7, 11) is 1.57. The predicted octanol–water partition coefficient (Wildman–Crippen LogP) is 3.38. The van der Waals surface area contributed by atoms with Gasteiger partial charge in [0.1, 0.15) is 0 Å². The van der Waals surface area contributed by atoms with Crippen molar-refractivity contribution in [2.24, 2.45) is 0 Å². The van der Waals surface area contributed by atoms with E-state index in [1.54, 1.807) is 25.3 Å². The highest BCUT2D eigenvalue weighted by molar-refractivity contribution is 6.32. The number of ether oxygens (including phenoxy) is 3. The molecule has 1 aliphatic rings. The summed E-state index contributed by atoms with van der Waals surface area (Å²) >= 11 is 6.32. The zero-order valence-electron chi connectivity index (χ0n) is 17.2. The van der Waals surface area contributed by atoms with Crippen molar-refractivity contribution in [3.8, 4) is 11.5 Å². The number of methoxy groups -OCH3 is 1. The molecule has 0 atom stereocenters. The normalized spacial score (nSPS) is 15.6. The van der Waals surface area contributed by atoms with E-state index in [2.05, 4.69) is 24.1 Å². The predicted molar refractivity (Wildman–Crippen MR) is 112 cm³/mol. The molecule has 1 N–H and O–H groups in total. The Kier molecular flexibility index (Phi) is 8.60. The van der Waals surface area contributed by atoms with Gasteiger partial charge in [0.15, 0.2) is 11.5 Å². The lowest BCUT2D eigenvalue weighted by atomic mass is 10.0. The molecule has 1 saturated heterocycles. The van der Waals surface area contributed by atoms with Crippen LogP contribution in [0, 0.1) is 0 Å². The van der Waals surface area contributed by atoms with Crippen molar-refractivity contribution in [1.82, 2.24) is 10.2 Å².